The van der Waals surface area contributed by atoms with Gasteiger partial charge in [0.25, 0.3) is 5.91 Å². The maximum Gasteiger partial charge on any atom is 0.291 e. The molecule has 0 saturated heterocycles. The Hall–Kier alpha value is -2.32. The Balaban J connectivity index is 2.41. The molecule has 0 unspecified atom stereocenters. The molecule has 0 fully saturated rings. The first-order valence-electron chi connectivity index (χ1n) is 8.05. The molecule has 136 valence electrons. The second kappa shape index (κ2) is 8.17. The van der Waals surface area contributed by atoms with Crippen LogP contribution in [0.4, 0.5) is 5.69 Å². The third kappa shape index (κ3) is 4.21. The number of anilines is 1. The van der Waals surface area contributed by atoms with Gasteiger partial charge in [-0.15, -0.1) is 0 Å². The van der Waals surface area contributed by atoms with Gasteiger partial charge in [-0.3, -0.25) is 4.79 Å². The van der Waals surface area contributed by atoms with Crippen molar-refractivity contribution in [2.45, 2.75) is 25.7 Å². The van der Waals surface area contributed by atoms with E-state index >= 15 is 0 Å². The Morgan fingerprint density at radius 1 is 1.20 bits per heavy atom. The molecule has 1 N–H and O–H groups in total. The molecule has 0 spiro atoms. The van der Waals surface area contributed by atoms with E-state index in [0.29, 0.717) is 25.4 Å². The number of carbonyl (C=O) groups excluding carboxylic acids is 1. The third-order valence-electron chi connectivity index (χ3n) is 3.57. The third-order valence-corrected chi connectivity index (χ3v) is 5.64. The van der Waals surface area contributed by atoms with Crippen LogP contribution in [-0.4, -0.2) is 38.3 Å². The number of carbonyl (C=O) groups is 1. The molecule has 0 bridgehead atoms. The first-order chi connectivity index (χ1) is 11.9. The van der Waals surface area contributed by atoms with Gasteiger partial charge < -0.3 is 14.5 Å². The molecule has 0 atom stereocenters. The first-order valence-corrected chi connectivity index (χ1v) is 9.49. The molecule has 0 aliphatic rings. The number of hydrogen-bond acceptors (Lipinski definition) is 5. The van der Waals surface area contributed by atoms with Crippen molar-refractivity contribution in [1.29, 1.82) is 0 Å². The molecule has 0 saturated carbocycles. The fourth-order valence-corrected chi connectivity index (χ4v) is 3.98. The van der Waals surface area contributed by atoms with Crippen LogP contribution in [0, 0.1) is 0 Å². The molecule has 0 aliphatic carbocycles. The average molecular weight is 366 g/mol. The number of furan rings is 1. The molecular formula is C17H22N2O5S. The van der Waals surface area contributed by atoms with Gasteiger partial charge in [0.2, 0.25) is 10.0 Å². The van der Waals surface area contributed by atoms with Crippen molar-refractivity contribution in [2.24, 2.45) is 0 Å². The fraction of sp³-hybridized carbons (Fsp3) is 0.353. The summed E-state index contributed by atoms with van der Waals surface area (Å²) in [4.78, 5) is 12.1. The molecule has 1 aromatic carbocycles. The van der Waals surface area contributed by atoms with Crippen LogP contribution in [0.3, 0.4) is 0 Å². The summed E-state index contributed by atoms with van der Waals surface area (Å²) in [5.41, 5.74) is 0.343. The number of sulfonamides is 1. The summed E-state index contributed by atoms with van der Waals surface area (Å²) in [5.74, 6) is -0.0622. The molecule has 0 aliphatic heterocycles. The zero-order valence-electron chi connectivity index (χ0n) is 14.5. The van der Waals surface area contributed by atoms with Crippen molar-refractivity contribution in [3.63, 3.8) is 0 Å². The van der Waals surface area contributed by atoms with E-state index in [0.717, 1.165) is 0 Å². The number of nitrogens with one attached hydrogen (secondary N) is 1. The van der Waals surface area contributed by atoms with Gasteiger partial charge >= 0.3 is 0 Å². The number of hydrogen-bond donors (Lipinski definition) is 1. The van der Waals surface area contributed by atoms with Gasteiger partial charge in [-0.2, -0.15) is 4.31 Å². The molecule has 8 heteroatoms. The minimum atomic E-state index is -3.73. The van der Waals surface area contributed by atoms with Crippen LogP contribution in [0.1, 0.15) is 31.3 Å². The van der Waals surface area contributed by atoms with Crippen LogP contribution < -0.4 is 10.1 Å². The molecular weight excluding hydrogens is 344 g/mol. The maximum atomic E-state index is 12.9. The number of rotatable bonds is 8. The highest BCUT2D eigenvalue weighted by Crippen LogP contribution is 2.30. The van der Waals surface area contributed by atoms with E-state index in [-0.39, 0.29) is 16.4 Å². The van der Waals surface area contributed by atoms with Crippen molar-refractivity contribution in [2.75, 3.05) is 25.0 Å². The van der Waals surface area contributed by atoms with Gasteiger partial charge in [0.1, 0.15) is 10.6 Å². The Morgan fingerprint density at radius 3 is 2.48 bits per heavy atom. The van der Waals surface area contributed by atoms with Gasteiger partial charge in [-0.1, -0.05) is 13.8 Å². The van der Waals surface area contributed by atoms with E-state index in [1.165, 1.54) is 28.8 Å². The van der Waals surface area contributed by atoms with E-state index in [1.807, 2.05) is 0 Å². The van der Waals surface area contributed by atoms with Gasteiger partial charge in [-0.25, -0.2) is 8.42 Å². The topological polar surface area (TPSA) is 88.8 Å². The summed E-state index contributed by atoms with van der Waals surface area (Å²) >= 11 is 0. The van der Waals surface area contributed by atoms with Gasteiger partial charge in [0, 0.05) is 18.8 Å². The van der Waals surface area contributed by atoms with Crippen molar-refractivity contribution in [3.8, 4) is 5.75 Å². The molecule has 1 heterocycles. The fourth-order valence-electron chi connectivity index (χ4n) is 2.37. The molecule has 1 amide bonds. The smallest absolute Gasteiger partial charge is 0.291 e. The maximum absolute atomic E-state index is 12.9. The normalized spacial score (nSPS) is 11.5. The second-order valence-corrected chi connectivity index (χ2v) is 7.02. The Bertz CT molecular complexity index is 812. The van der Waals surface area contributed by atoms with Crippen molar-refractivity contribution >= 4 is 21.6 Å². The largest absolute Gasteiger partial charge is 0.492 e. The van der Waals surface area contributed by atoms with Gasteiger partial charge in [-0.05, 0) is 37.3 Å². The number of amides is 1. The minimum Gasteiger partial charge on any atom is -0.492 e. The Morgan fingerprint density at radius 2 is 1.92 bits per heavy atom. The summed E-state index contributed by atoms with van der Waals surface area (Å²) < 4.78 is 37.6. The van der Waals surface area contributed by atoms with Crippen LogP contribution in [0.25, 0.3) is 0 Å². The lowest BCUT2D eigenvalue weighted by atomic mass is 10.3. The predicted octanol–water partition coefficient (Wildman–Crippen LogP) is 2.96. The molecule has 1 aromatic heterocycles. The van der Waals surface area contributed by atoms with Crippen LogP contribution >= 0.6 is 0 Å². The summed E-state index contributed by atoms with van der Waals surface area (Å²) in [6.07, 6.45) is 1.39. The highest BCUT2D eigenvalue weighted by Gasteiger charge is 2.26. The summed E-state index contributed by atoms with van der Waals surface area (Å²) in [7, 11) is -3.73. The predicted molar refractivity (Wildman–Crippen MR) is 94.4 cm³/mol. The summed E-state index contributed by atoms with van der Waals surface area (Å²) in [6, 6.07) is 7.66. The lowest BCUT2D eigenvalue weighted by molar-refractivity contribution is 0.0996. The first kappa shape index (κ1) is 19.0. The van der Waals surface area contributed by atoms with E-state index in [1.54, 1.807) is 32.9 Å². The van der Waals surface area contributed by atoms with E-state index in [9.17, 15) is 13.2 Å². The van der Waals surface area contributed by atoms with Crippen LogP contribution in [0.15, 0.2) is 45.9 Å². The molecule has 7 nitrogen and oxygen atoms in total. The minimum absolute atomic E-state index is 0.0234. The van der Waals surface area contributed by atoms with E-state index in [4.69, 9.17) is 9.15 Å². The van der Waals surface area contributed by atoms with Crippen molar-refractivity contribution < 1.29 is 22.4 Å². The van der Waals surface area contributed by atoms with E-state index < -0.39 is 15.9 Å². The average Bonchev–Trinajstić information content (AvgIpc) is 3.12. The standard InChI is InChI=1S/C17H22N2O5S/c1-4-19(5-2)25(21,22)16-12-13(9-10-14(16)23-6-3)18-17(20)15-8-7-11-24-15/h7-12H,4-6H2,1-3H3,(H,18,20). The quantitative estimate of drug-likeness (QED) is 0.776. The van der Waals surface area contributed by atoms with Crippen molar-refractivity contribution in [3.05, 3.63) is 42.4 Å². The highest BCUT2D eigenvalue weighted by molar-refractivity contribution is 7.89. The zero-order chi connectivity index (χ0) is 18.4. The molecule has 0 radical (unpaired) electrons. The lowest BCUT2D eigenvalue weighted by Gasteiger charge is -2.21. The molecule has 25 heavy (non-hydrogen) atoms. The zero-order valence-corrected chi connectivity index (χ0v) is 15.3. The lowest BCUT2D eigenvalue weighted by Crippen LogP contribution is -2.31. The monoisotopic (exact) mass is 366 g/mol. The number of nitrogens with zero attached hydrogens (tertiary/aromatic N) is 1. The van der Waals surface area contributed by atoms with Gasteiger partial charge in [0.05, 0.1) is 12.9 Å². The second-order valence-electron chi connectivity index (χ2n) is 5.12. The highest BCUT2D eigenvalue weighted by atomic mass is 32.2. The Labute approximate surface area is 147 Å². The van der Waals surface area contributed by atoms with Crippen LogP contribution in [0.5, 0.6) is 5.75 Å². The molecule has 2 rings (SSSR count). The van der Waals surface area contributed by atoms with Crippen LogP contribution in [0.2, 0.25) is 0 Å². The molecule has 2 aromatic rings. The van der Waals surface area contributed by atoms with E-state index in [2.05, 4.69) is 5.32 Å². The Kier molecular flexibility index (Phi) is 6.22. The van der Waals surface area contributed by atoms with Gasteiger partial charge in [0.15, 0.2) is 5.76 Å². The number of benzene rings is 1. The van der Waals surface area contributed by atoms with Crippen LogP contribution in [-0.2, 0) is 10.0 Å². The number of ether oxygens (including phenoxy) is 1. The SMILES string of the molecule is CCOc1ccc(NC(=O)c2ccco2)cc1S(=O)(=O)N(CC)CC. The van der Waals surface area contributed by atoms with Crippen molar-refractivity contribution in [1.82, 2.24) is 4.31 Å². The summed E-state index contributed by atoms with van der Waals surface area (Å²) in [6.45, 7) is 6.33. The summed E-state index contributed by atoms with van der Waals surface area (Å²) in [5, 5.41) is 2.63.